The smallest absolute Gasteiger partial charge is 0.265 e. The normalized spacial score (nSPS) is 20.8. The van der Waals surface area contributed by atoms with Crippen LogP contribution in [0, 0.1) is 6.92 Å². The van der Waals surface area contributed by atoms with Gasteiger partial charge in [-0.15, -0.1) is 0 Å². The van der Waals surface area contributed by atoms with E-state index in [1.54, 1.807) is 0 Å². The van der Waals surface area contributed by atoms with E-state index in [4.69, 9.17) is 4.74 Å². The van der Waals surface area contributed by atoms with Crippen LogP contribution in [-0.2, 0) is 16.1 Å². The van der Waals surface area contributed by atoms with Crippen molar-refractivity contribution >= 4 is 17.5 Å². The Labute approximate surface area is 208 Å². The van der Waals surface area contributed by atoms with E-state index < -0.39 is 6.10 Å². The molecule has 0 saturated carbocycles. The van der Waals surface area contributed by atoms with Gasteiger partial charge in [0.05, 0.1) is 18.8 Å². The summed E-state index contributed by atoms with van der Waals surface area (Å²) in [4.78, 5) is 34.8. The summed E-state index contributed by atoms with van der Waals surface area (Å²) in [5, 5.41) is 0. The molecule has 1 atom stereocenters. The summed E-state index contributed by atoms with van der Waals surface area (Å²) < 4.78 is 6.12. The zero-order valence-electron chi connectivity index (χ0n) is 20.7. The lowest BCUT2D eigenvalue weighted by Gasteiger charge is -2.40. The Bertz CT molecular complexity index is 1040. The number of hydrogen-bond acceptors (Lipinski definition) is 5. The number of carbonyl (C=O) groups is 2. The minimum absolute atomic E-state index is 0.0430. The summed E-state index contributed by atoms with van der Waals surface area (Å²) in [5.74, 6) is 0.841. The molecule has 0 radical (unpaired) electrons. The quantitative estimate of drug-likeness (QED) is 0.664. The molecule has 2 aromatic carbocycles. The van der Waals surface area contributed by atoms with Crippen molar-refractivity contribution in [3.8, 4) is 5.75 Å². The monoisotopic (exact) mass is 476 g/mol. The zero-order valence-corrected chi connectivity index (χ0v) is 20.7. The van der Waals surface area contributed by atoms with Gasteiger partial charge in [0.2, 0.25) is 5.91 Å². The summed E-state index contributed by atoms with van der Waals surface area (Å²) in [6, 6.07) is 16.2. The lowest BCUT2D eigenvalue weighted by molar-refractivity contribution is -0.140. The summed E-state index contributed by atoms with van der Waals surface area (Å²) in [7, 11) is 0. The average Bonchev–Trinajstić information content (AvgIpc) is 2.90. The Morgan fingerprint density at radius 1 is 0.857 bits per heavy atom. The molecular formula is C28H36N4O3. The standard InChI is InChI=1S/C28H36N4O3/c1-22-9-3-4-10-23(22)19-29-15-17-30(18-16-29)27(33)21-32-20-26(28(34)31-13-7-2-8-14-31)35-25-12-6-5-11-24(25)32/h3-6,9-12,26H,2,7-8,13-21H2,1H3. The number of ether oxygens (including phenoxy) is 1. The minimum Gasteiger partial charge on any atom is -0.477 e. The molecule has 1 unspecified atom stereocenters. The number of para-hydroxylation sites is 2. The molecule has 0 aromatic heterocycles. The van der Waals surface area contributed by atoms with E-state index in [-0.39, 0.29) is 18.4 Å². The number of benzene rings is 2. The summed E-state index contributed by atoms with van der Waals surface area (Å²) in [6.07, 6.45) is 2.71. The molecule has 7 nitrogen and oxygen atoms in total. The van der Waals surface area contributed by atoms with E-state index in [2.05, 4.69) is 36.1 Å². The lowest BCUT2D eigenvalue weighted by atomic mass is 10.1. The zero-order chi connectivity index (χ0) is 24.2. The van der Waals surface area contributed by atoms with Crippen molar-refractivity contribution in [3.05, 3.63) is 59.7 Å². The number of piperazine rings is 1. The second kappa shape index (κ2) is 10.7. The third-order valence-electron chi connectivity index (χ3n) is 7.51. The van der Waals surface area contributed by atoms with E-state index in [1.807, 2.05) is 39.0 Å². The molecule has 5 rings (SSSR count). The number of carbonyl (C=O) groups excluding carboxylic acids is 2. The van der Waals surface area contributed by atoms with Gasteiger partial charge < -0.3 is 19.4 Å². The van der Waals surface area contributed by atoms with Gasteiger partial charge in [0.25, 0.3) is 5.91 Å². The van der Waals surface area contributed by atoms with Crippen molar-refractivity contribution in [2.75, 3.05) is 57.3 Å². The van der Waals surface area contributed by atoms with Crippen LogP contribution in [0.5, 0.6) is 5.75 Å². The Morgan fingerprint density at radius 3 is 2.34 bits per heavy atom. The molecule has 186 valence electrons. The molecule has 0 aliphatic carbocycles. The van der Waals surface area contributed by atoms with Crippen LogP contribution in [0.2, 0.25) is 0 Å². The third-order valence-corrected chi connectivity index (χ3v) is 7.51. The number of piperidine rings is 1. The second-order valence-corrected chi connectivity index (χ2v) is 9.92. The molecule has 3 heterocycles. The Hall–Kier alpha value is -3.06. The third kappa shape index (κ3) is 5.45. The second-order valence-electron chi connectivity index (χ2n) is 9.92. The molecule has 3 aliphatic heterocycles. The van der Waals surface area contributed by atoms with Crippen molar-refractivity contribution in [1.29, 1.82) is 0 Å². The first kappa shape index (κ1) is 23.7. The molecule has 7 heteroatoms. The van der Waals surface area contributed by atoms with Gasteiger partial charge in [0, 0.05) is 45.8 Å². The maximum absolute atomic E-state index is 13.3. The number of hydrogen-bond donors (Lipinski definition) is 0. The van der Waals surface area contributed by atoms with Crippen LogP contribution in [0.15, 0.2) is 48.5 Å². The lowest BCUT2D eigenvalue weighted by Crippen LogP contribution is -2.55. The van der Waals surface area contributed by atoms with Crippen molar-refractivity contribution in [3.63, 3.8) is 0 Å². The molecule has 0 bridgehead atoms. The highest BCUT2D eigenvalue weighted by Crippen LogP contribution is 2.33. The fourth-order valence-corrected chi connectivity index (χ4v) is 5.35. The first-order chi connectivity index (χ1) is 17.1. The van der Waals surface area contributed by atoms with Crippen LogP contribution in [0.4, 0.5) is 5.69 Å². The molecule has 2 aromatic rings. The number of aryl methyl sites for hydroxylation is 1. The first-order valence-electron chi connectivity index (χ1n) is 12.9. The SMILES string of the molecule is Cc1ccccc1CN1CCN(C(=O)CN2CC(C(=O)N3CCCCC3)Oc3ccccc32)CC1. The van der Waals surface area contributed by atoms with E-state index in [0.29, 0.717) is 12.3 Å². The van der Waals surface area contributed by atoms with E-state index >= 15 is 0 Å². The van der Waals surface area contributed by atoms with Crippen LogP contribution in [-0.4, -0.2) is 85.0 Å². The summed E-state index contributed by atoms with van der Waals surface area (Å²) in [6.45, 7) is 8.54. The number of amides is 2. The van der Waals surface area contributed by atoms with Gasteiger partial charge in [-0.1, -0.05) is 36.4 Å². The van der Waals surface area contributed by atoms with Gasteiger partial charge in [0.15, 0.2) is 6.10 Å². The molecule has 2 amide bonds. The molecule has 0 N–H and O–H groups in total. The van der Waals surface area contributed by atoms with Crippen molar-refractivity contribution < 1.29 is 14.3 Å². The maximum Gasteiger partial charge on any atom is 0.265 e. The van der Waals surface area contributed by atoms with Crippen LogP contribution in [0.25, 0.3) is 0 Å². The average molecular weight is 477 g/mol. The topological polar surface area (TPSA) is 56.3 Å². The van der Waals surface area contributed by atoms with Crippen molar-refractivity contribution in [1.82, 2.24) is 14.7 Å². The maximum atomic E-state index is 13.3. The fourth-order valence-electron chi connectivity index (χ4n) is 5.35. The molecule has 35 heavy (non-hydrogen) atoms. The predicted molar refractivity (Wildman–Crippen MR) is 137 cm³/mol. The van der Waals surface area contributed by atoms with Gasteiger partial charge in [-0.2, -0.15) is 0 Å². The number of likely N-dealkylation sites (tertiary alicyclic amines) is 1. The van der Waals surface area contributed by atoms with E-state index in [9.17, 15) is 9.59 Å². The van der Waals surface area contributed by atoms with E-state index in [0.717, 1.165) is 64.3 Å². The highest BCUT2D eigenvalue weighted by atomic mass is 16.5. The predicted octanol–water partition coefficient (Wildman–Crippen LogP) is 2.92. The van der Waals surface area contributed by atoms with Crippen LogP contribution < -0.4 is 9.64 Å². The van der Waals surface area contributed by atoms with Gasteiger partial charge in [-0.25, -0.2) is 0 Å². The minimum atomic E-state index is -0.568. The van der Waals surface area contributed by atoms with E-state index in [1.165, 1.54) is 17.5 Å². The Balaban J connectivity index is 1.20. The molecule has 2 saturated heterocycles. The summed E-state index contributed by atoms with van der Waals surface area (Å²) >= 11 is 0. The number of fused-ring (bicyclic) bond motifs is 1. The van der Waals surface area contributed by atoms with Crippen molar-refractivity contribution in [2.45, 2.75) is 38.8 Å². The number of nitrogens with zero attached hydrogens (tertiary/aromatic N) is 4. The van der Waals surface area contributed by atoms with Crippen LogP contribution in [0.1, 0.15) is 30.4 Å². The highest BCUT2D eigenvalue weighted by molar-refractivity contribution is 5.86. The number of anilines is 1. The number of rotatable bonds is 5. The van der Waals surface area contributed by atoms with Crippen molar-refractivity contribution in [2.24, 2.45) is 0 Å². The Kier molecular flexibility index (Phi) is 7.23. The van der Waals surface area contributed by atoms with Gasteiger partial charge in [0.1, 0.15) is 5.75 Å². The van der Waals surface area contributed by atoms with Crippen LogP contribution >= 0.6 is 0 Å². The Morgan fingerprint density at radius 2 is 1.57 bits per heavy atom. The highest BCUT2D eigenvalue weighted by Gasteiger charge is 2.35. The molecule has 0 spiro atoms. The van der Waals surface area contributed by atoms with Gasteiger partial charge >= 0.3 is 0 Å². The summed E-state index contributed by atoms with van der Waals surface area (Å²) in [5.41, 5.74) is 3.55. The van der Waals surface area contributed by atoms with Crippen LogP contribution in [0.3, 0.4) is 0 Å². The first-order valence-corrected chi connectivity index (χ1v) is 12.9. The van der Waals surface area contributed by atoms with Gasteiger partial charge in [-0.05, 0) is 49.4 Å². The van der Waals surface area contributed by atoms with Gasteiger partial charge in [-0.3, -0.25) is 14.5 Å². The largest absolute Gasteiger partial charge is 0.477 e. The molecular weight excluding hydrogens is 440 g/mol. The fraction of sp³-hybridized carbons (Fsp3) is 0.500. The molecule has 3 aliphatic rings. The molecule has 2 fully saturated rings.